The van der Waals surface area contributed by atoms with E-state index >= 15 is 0 Å². The topological polar surface area (TPSA) is 86.1 Å². The fourth-order valence-electron chi connectivity index (χ4n) is 5.11. The molecule has 0 saturated carbocycles. The first-order valence-electron chi connectivity index (χ1n) is 11.4. The summed E-state index contributed by atoms with van der Waals surface area (Å²) in [6, 6.07) is 18.5. The Bertz CT molecular complexity index is 1420. The molecular formula is C26H29N7OS2. The number of nitrogens with zero attached hydrogens (tertiary/aromatic N) is 7. The maximum Gasteiger partial charge on any atom is 0.185 e. The average Bonchev–Trinajstić information content (AvgIpc) is 3.56. The third-order valence-corrected chi connectivity index (χ3v) is 6.97. The van der Waals surface area contributed by atoms with Gasteiger partial charge in [-0.1, -0.05) is 12.1 Å². The van der Waals surface area contributed by atoms with Gasteiger partial charge in [-0.05, 0) is 61.6 Å². The molecule has 8 nitrogen and oxygen atoms in total. The molecule has 1 N–H and O–H groups in total. The van der Waals surface area contributed by atoms with Crippen molar-refractivity contribution in [3.8, 4) is 34.4 Å². The summed E-state index contributed by atoms with van der Waals surface area (Å²) >= 11 is 0. The van der Waals surface area contributed by atoms with Crippen LogP contribution in [0.3, 0.4) is 0 Å². The first-order valence-corrected chi connectivity index (χ1v) is 11.4. The Balaban J connectivity index is 0.00000152. The van der Waals surface area contributed by atoms with Crippen molar-refractivity contribution in [1.29, 1.82) is 5.26 Å². The Morgan fingerprint density at radius 2 is 1.81 bits per heavy atom. The van der Waals surface area contributed by atoms with Crippen molar-refractivity contribution < 1.29 is 5.11 Å². The van der Waals surface area contributed by atoms with E-state index in [0.717, 1.165) is 40.6 Å². The van der Waals surface area contributed by atoms with Crippen LogP contribution < -0.4 is 4.90 Å². The lowest BCUT2D eigenvalue weighted by molar-refractivity contribution is 0.114. The van der Waals surface area contributed by atoms with Crippen LogP contribution in [0.2, 0.25) is 0 Å². The normalized spacial score (nSPS) is 17.8. The SMILES string of the molecule is CN(C)[C@H]1CN(c2ccc3c(c2)Cn2cc(-c4ccc(C#N)cc4)cc2-c2nncn2-3)C[C@@H]1O.S.S. The fourth-order valence-corrected chi connectivity index (χ4v) is 5.11. The van der Waals surface area contributed by atoms with E-state index < -0.39 is 0 Å². The quantitative estimate of drug-likeness (QED) is 0.395. The van der Waals surface area contributed by atoms with E-state index in [2.05, 4.69) is 61.1 Å². The van der Waals surface area contributed by atoms with Gasteiger partial charge in [0.25, 0.3) is 0 Å². The highest BCUT2D eigenvalue weighted by atomic mass is 32.1. The third-order valence-electron chi connectivity index (χ3n) is 6.97. The van der Waals surface area contributed by atoms with Crippen molar-refractivity contribution in [1.82, 2.24) is 24.2 Å². The first kappa shape index (κ1) is 25.9. The van der Waals surface area contributed by atoms with Crippen molar-refractivity contribution >= 4 is 32.7 Å². The minimum Gasteiger partial charge on any atom is -0.390 e. The van der Waals surface area contributed by atoms with Gasteiger partial charge in [0.2, 0.25) is 0 Å². The summed E-state index contributed by atoms with van der Waals surface area (Å²) < 4.78 is 4.26. The molecule has 36 heavy (non-hydrogen) atoms. The van der Waals surface area contributed by atoms with E-state index in [-0.39, 0.29) is 39.1 Å². The van der Waals surface area contributed by atoms with E-state index in [9.17, 15) is 5.11 Å². The van der Waals surface area contributed by atoms with Gasteiger partial charge in [0.1, 0.15) is 6.33 Å². The van der Waals surface area contributed by atoms with Crippen LogP contribution in [0.1, 0.15) is 11.1 Å². The summed E-state index contributed by atoms with van der Waals surface area (Å²) in [5.74, 6) is 0.802. The van der Waals surface area contributed by atoms with Crippen LogP contribution in [0.4, 0.5) is 5.69 Å². The smallest absolute Gasteiger partial charge is 0.185 e. The van der Waals surface area contributed by atoms with Gasteiger partial charge in [-0.25, -0.2) is 0 Å². The van der Waals surface area contributed by atoms with Gasteiger partial charge in [-0.2, -0.15) is 32.3 Å². The van der Waals surface area contributed by atoms with Crippen LogP contribution in [-0.2, 0) is 6.54 Å². The molecule has 1 saturated heterocycles. The van der Waals surface area contributed by atoms with Crippen molar-refractivity contribution in [2.24, 2.45) is 0 Å². The molecule has 0 radical (unpaired) electrons. The van der Waals surface area contributed by atoms with Gasteiger partial charge >= 0.3 is 0 Å². The lowest BCUT2D eigenvalue weighted by Crippen LogP contribution is -2.38. The van der Waals surface area contributed by atoms with Gasteiger partial charge in [0.15, 0.2) is 5.82 Å². The number of aliphatic hydroxyl groups is 1. The summed E-state index contributed by atoms with van der Waals surface area (Å²) in [6.45, 7) is 2.12. The zero-order chi connectivity index (χ0) is 23.4. The maximum absolute atomic E-state index is 10.5. The summed E-state index contributed by atoms with van der Waals surface area (Å²) in [5, 5.41) is 28.3. The molecule has 6 rings (SSSR count). The molecule has 2 aromatic carbocycles. The standard InChI is InChI=1S/C26H25N7O.2H2S/c1-30(2)24-14-31(15-25(24)34)21-7-8-22-20(9-21)13-32-12-19(18-5-3-17(11-27)4-6-18)10-23(32)26-29-28-16-33(22)26;;/h3-10,12,16,24-25,34H,13-15H2,1-2H3;2*1H2/t24-,25-;;/m0../s1. The Morgan fingerprint density at radius 1 is 1.03 bits per heavy atom. The zero-order valence-corrected chi connectivity index (χ0v) is 22.1. The monoisotopic (exact) mass is 519 g/mol. The maximum atomic E-state index is 10.5. The predicted octanol–water partition coefficient (Wildman–Crippen LogP) is 2.97. The number of hydrogen-bond acceptors (Lipinski definition) is 6. The van der Waals surface area contributed by atoms with Crippen molar-refractivity contribution in [2.75, 3.05) is 32.1 Å². The molecule has 1 fully saturated rings. The highest BCUT2D eigenvalue weighted by Crippen LogP contribution is 2.35. The molecule has 2 aliphatic rings. The molecule has 0 unspecified atom stereocenters. The molecule has 0 amide bonds. The molecule has 4 aromatic rings. The van der Waals surface area contributed by atoms with Crippen molar-refractivity contribution in [2.45, 2.75) is 18.7 Å². The fraction of sp³-hybridized carbons (Fsp3) is 0.269. The number of anilines is 1. The van der Waals surface area contributed by atoms with E-state index in [1.54, 1.807) is 6.33 Å². The molecule has 2 atom stereocenters. The summed E-state index contributed by atoms with van der Waals surface area (Å²) in [5.41, 5.74) is 7.12. The highest BCUT2D eigenvalue weighted by Gasteiger charge is 2.33. The first-order chi connectivity index (χ1) is 16.5. The van der Waals surface area contributed by atoms with Crippen LogP contribution in [0.5, 0.6) is 0 Å². The number of β-amino-alcohol motifs (C(OH)–C–C–N with tert-alkyl or cyclic N) is 1. The van der Waals surface area contributed by atoms with Crippen LogP contribution in [-0.4, -0.2) is 68.7 Å². The molecular weight excluding hydrogens is 490 g/mol. The predicted molar refractivity (Wildman–Crippen MR) is 150 cm³/mol. The lowest BCUT2D eigenvalue weighted by atomic mass is 10.1. The largest absolute Gasteiger partial charge is 0.390 e. The molecule has 186 valence electrons. The third kappa shape index (κ3) is 4.29. The minimum absolute atomic E-state index is 0. The Hall–Kier alpha value is -3.23. The number of benzene rings is 2. The van der Waals surface area contributed by atoms with E-state index in [4.69, 9.17) is 5.26 Å². The minimum atomic E-state index is -0.371. The van der Waals surface area contributed by atoms with E-state index in [0.29, 0.717) is 18.7 Å². The Kier molecular flexibility index (Phi) is 7.20. The molecule has 2 aliphatic heterocycles. The van der Waals surface area contributed by atoms with E-state index in [1.807, 2.05) is 42.9 Å². The summed E-state index contributed by atoms with van der Waals surface area (Å²) in [7, 11) is 4.03. The molecule has 10 heteroatoms. The number of fused-ring (bicyclic) bond motifs is 5. The van der Waals surface area contributed by atoms with Crippen LogP contribution in [0.25, 0.3) is 28.3 Å². The second-order valence-corrected chi connectivity index (χ2v) is 9.27. The molecule has 0 aliphatic carbocycles. The number of nitriles is 1. The van der Waals surface area contributed by atoms with Gasteiger partial charge in [0, 0.05) is 37.1 Å². The molecule has 4 heterocycles. The molecule has 0 spiro atoms. The van der Waals surface area contributed by atoms with Gasteiger partial charge < -0.3 is 19.5 Å². The van der Waals surface area contributed by atoms with Crippen molar-refractivity contribution in [3.05, 3.63) is 72.2 Å². The van der Waals surface area contributed by atoms with Gasteiger partial charge in [-0.3, -0.25) is 4.57 Å². The number of hydrogen-bond donors (Lipinski definition) is 1. The average molecular weight is 520 g/mol. The van der Waals surface area contributed by atoms with Crippen LogP contribution in [0, 0.1) is 11.3 Å². The number of aliphatic hydroxyl groups excluding tert-OH is 1. The zero-order valence-electron chi connectivity index (χ0n) is 20.1. The van der Waals surface area contributed by atoms with Crippen molar-refractivity contribution in [3.63, 3.8) is 0 Å². The Labute approximate surface area is 224 Å². The van der Waals surface area contributed by atoms with Crippen LogP contribution >= 0.6 is 27.0 Å². The number of likely N-dealkylation sites (N-methyl/N-ethyl adjacent to an activating group) is 1. The van der Waals surface area contributed by atoms with E-state index in [1.165, 1.54) is 5.56 Å². The van der Waals surface area contributed by atoms with Gasteiger partial charge in [-0.15, -0.1) is 10.2 Å². The summed E-state index contributed by atoms with van der Waals surface area (Å²) in [6.07, 6.45) is 3.53. The lowest BCUT2D eigenvalue weighted by Gasteiger charge is -2.23. The van der Waals surface area contributed by atoms with Crippen LogP contribution in [0.15, 0.2) is 61.1 Å². The number of rotatable bonds is 3. The molecule has 2 aromatic heterocycles. The second-order valence-electron chi connectivity index (χ2n) is 9.27. The number of aromatic nitrogens is 4. The Morgan fingerprint density at radius 3 is 2.50 bits per heavy atom. The van der Waals surface area contributed by atoms with Gasteiger partial charge in [0.05, 0.1) is 35.2 Å². The summed E-state index contributed by atoms with van der Waals surface area (Å²) in [4.78, 5) is 4.35. The second kappa shape index (κ2) is 10.0. The highest BCUT2D eigenvalue weighted by molar-refractivity contribution is 7.59. The molecule has 0 bridgehead atoms.